The summed E-state index contributed by atoms with van der Waals surface area (Å²) in [4.78, 5) is 27.9. The minimum Gasteiger partial charge on any atom is -0.457 e. The van der Waals surface area contributed by atoms with Crippen molar-refractivity contribution in [2.24, 2.45) is 0 Å². The van der Waals surface area contributed by atoms with Crippen molar-refractivity contribution in [2.45, 2.75) is 18.9 Å². The maximum absolute atomic E-state index is 13.0. The van der Waals surface area contributed by atoms with Gasteiger partial charge in [0.25, 0.3) is 11.5 Å². The summed E-state index contributed by atoms with van der Waals surface area (Å²) in [6.45, 7) is 3.18. The Hall–Kier alpha value is -3.38. The van der Waals surface area contributed by atoms with Crippen molar-refractivity contribution >= 4 is 5.91 Å². The number of aryl methyl sites for hydroxylation is 1. The summed E-state index contributed by atoms with van der Waals surface area (Å²) < 4.78 is 11.4. The molecule has 2 aliphatic rings. The molecule has 1 amide bonds. The van der Waals surface area contributed by atoms with Gasteiger partial charge in [0.2, 0.25) is 0 Å². The predicted octanol–water partition coefficient (Wildman–Crippen LogP) is 3.42. The van der Waals surface area contributed by atoms with Crippen molar-refractivity contribution < 1.29 is 14.3 Å². The highest BCUT2D eigenvalue weighted by molar-refractivity contribution is 5.94. The minimum atomic E-state index is -0.420. The quantitative estimate of drug-likeness (QED) is 0.720. The maximum Gasteiger partial charge on any atom is 0.260 e. The lowest BCUT2D eigenvalue weighted by Gasteiger charge is -2.31. The summed E-state index contributed by atoms with van der Waals surface area (Å²) in [7, 11) is 0. The van der Waals surface area contributed by atoms with Crippen molar-refractivity contribution in [3.63, 3.8) is 0 Å². The van der Waals surface area contributed by atoms with E-state index < -0.39 is 17.5 Å². The topological polar surface area (TPSA) is 80.4 Å². The zero-order chi connectivity index (χ0) is 20.0. The Kier molecular flexibility index (Phi) is 4.21. The second kappa shape index (κ2) is 6.90. The number of carbonyl (C=O) groups is 1. The first-order valence-electron chi connectivity index (χ1n) is 9.59. The van der Waals surface area contributed by atoms with Gasteiger partial charge in [-0.05, 0) is 42.8 Å². The number of benzene rings is 2. The average molecular weight is 388 g/mol. The molecular weight excluding hydrogens is 368 g/mol. The number of fused-ring (bicyclic) bond motifs is 2. The number of nitrogens with one attached hydrogen (secondary N) is 2. The van der Waals surface area contributed by atoms with Crippen LogP contribution < -0.4 is 15.6 Å². The number of hydrogen-bond donors (Lipinski definition) is 2. The van der Waals surface area contributed by atoms with Gasteiger partial charge in [0.15, 0.2) is 0 Å². The van der Waals surface area contributed by atoms with Crippen LogP contribution in [0.1, 0.15) is 44.7 Å². The van der Waals surface area contributed by atoms with Gasteiger partial charge >= 0.3 is 0 Å². The van der Waals surface area contributed by atoms with Crippen LogP contribution in [0.3, 0.4) is 0 Å². The average Bonchev–Trinajstić information content (AvgIpc) is 2.66. The first-order valence-corrected chi connectivity index (χ1v) is 9.59. The van der Waals surface area contributed by atoms with Gasteiger partial charge in [-0.25, -0.2) is 0 Å². The zero-order valence-corrected chi connectivity index (χ0v) is 15.9. The molecule has 0 spiro atoms. The fourth-order valence-electron chi connectivity index (χ4n) is 3.78. The molecule has 2 aliphatic heterocycles. The Balaban J connectivity index is 1.56. The van der Waals surface area contributed by atoms with Crippen LogP contribution in [0.4, 0.5) is 0 Å². The number of aromatic nitrogens is 1. The lowest BCUT2D eigenvalue weighted by atomic mass is 9.89. The number of carbonyl (C=O) groups excluding carboxylic acids is 1. The van der Waals surface area contributed by atoms with E-state index in [0.29, 0.717) is 36.3 Å². The van der Waals surface area contributed by atoms with E-state index in [9.17, 15) is 9.59 Å². The van der Waals surface area contributed by atoms with E-state index in [1.54, 1.807) is 19.1 Å². The van der Waals surface area contributed by atoms with Crippen molar-refractivity contribution in [3.05, 3.63) is 92.9 Å². The number of para-hydroxylation sites is 1. The highest BCUT2D eigenvalue weighted by Gasteiger charge is 2.31. The Bertz CT molecular complexity index is 1160. The Morgan fingerprint density at radius 2 is 1.83 bits per heavy atom. The third-order valence-electron chi connectivity index (χ3n) is 5.48. The van der Waals surface area contributed by atoms with Crippen LogP contribution in [-0.2, 0) is 4.74 Å². The van der Waals surface area contributed by atoms with Gasteiger partial charge in [-0.2, -0.15) is 0 Å². The van der Waals surface area contributed by atoms with Crippen molar-refractivity contribution in [1.82, 2.24) is 10.3 Å². The number of pyridine rings is 1. The molecule has 2 N–H and O–H groups in total. The smallest absolute Gasteiger partial charge is 0.260 e. The molecule has 0 saturated carbocycles. The summed E-state index contributed by atoms with van der Waals surface area (Å²) >= 11 is 0. The molecular formula is C23H20N2O4. The number of amides is 1. The molecule has 3 heterocycles. The van der Waals surface area contributed by atoms with Crippen LogP contribution in [-0.4, -0.2) is 24.1 Å². The van der Waals surface area contributed by atoms with Crippen molar-refractivity contribution in [1.29, 1.82) is 0 Å². The highest BCUT2D eigenvalue weighted by Crippen LogP contribution is 2.44. The van der Waals surface area contributed by atoms with Crippen LogP contribution in [0.5, 0.6) is 11.5 Å². The third kappa shape index (κ3) is 3.11. The van der Waals surface area contributed by atoms with E-state index in [1.807, 2.05) is 36.4 Å². The van der Waals surface area contributed by atoms with E-state index in [-0.39, 0.29) is 5.56 Å². The monoisotopic (exact) mass is 388 g/mol. The second-order valence-corrected chi connectivity index (χ2v) is 7.46. The van der Waals surface area contributed by atoms with Crippen LogP contribution in [0.2, 0.25) is 0 Å². The number of rotatable bonds is 3. The molecule has 0 aliphatic carbocycles. The Labute approximate surface area is 167 Å². The molecule has 6 heteroatoms. The molecule has 1 aromatic heterocycles. The third-order valence-corrected chi connectivity index (χ3v) is 5.48. The fourth-order valence-corrected chi connectivity index (χ4v) is 3.78. The molecule has 1 saturated heterocycles. The van der Waals surface area contributed by atoms with E-state index in [2.05, 4.69) is 16.4 Å². The van der Waals surface area contributed by atoms with Gasteiger partial charge in [0.05, 0.1) is 19.3 Å². The van der Waals surface area contributed by atoms with Gasteiger partial charge in [0.1, 0.15) is 17.1 Å². The predicted molar refractivity (Wildman–Crippen MR) is 108 cm³/mol. The summed E-state index contributed by atoms with van der Waals surface area (Å²) in [6, 6.07) is 16.5. The summed E-state index contributed by atoms with van der Waals surface area (Å²) in [6.07, 6.45) is 0. The van der Waals surface area contributed by atoms with E-state index >= 15 is 0 Å². The Morgan fingerprint density at radius 3 is 2.59 bits per heavy atom. The number of ether oxygens (including phenoxy) is 2. The van der Waals surface area contributed by atoms with Crippen LogP contribution >= 0.6 is 0 Å². The van der Waals surface area contributed by atoms with Gasteiger partial charge in [-0.15, -0.1) is 0 Å². The molecule has 146 valence electrons. The van der Waals surface area contributed by atoms with Crippen LogP contribution in [0.15, 0.2) is 59.4 Å². The first-order chi connectivity index (χ1) is 14.1. The first kappa shape index (κ1) is 17.7. The molecule has 6 nitrogen and oxygen atoms in total. The van der Waals surface area contributed by atoms with E-state index in [4.69, 9.17) is 9.47 Å². The lowest BCUT2D eigenvalue weighted by molar-refractivity contribution is 0.00836. The van der Waals surface area contributed by atoms with Crippen LogP contribution in [0.25, 0.3) is 0 Å². The number of H-pyrrole nitrogens is 1. The second-order valence-electron chi connectivity index (χ2n) is 7.46. The normalized spacial score (nSPS) is 17.5. The molecule has 3 aromatic rings. The zero-order valence-electron chi connectivity index (χ0n) is 15.9. The SMILES string of the molecule is Cc1ccc(C(=O)NC2c3ccccc3Oc3ccc(C4COC4)cc32)c(=O)[nH]1. The van der Waals surface area contributed by atoms with Gasteiger partial charge < -0.3 is 19.8 Å². The summed E-state index contributed by atoms with van der Waals surface area (Å²) in [5.74, 6) is 1.34. The lowest BCUT2D eigenvalue weighted by Crippen LogP contribution is -2.35. The van der Waals surface area contributed by atoms with Gasteiger partial charge in [-0.1, -0.05) is 24.3 Å². The van der Waals surface area contributed by atoms with E-state index in [0.717, 1.165) is 16.7 Å². The molecule has 2 aromatic carbocycles. The van der Waals surface area contributed by atoms with Gasteiger partial charge in [0, 0.05) is 22.7 Å². The highest BCUT2D eigenvalue weighted by atomic mass is 16.5. The Morgan fingerprint density at radius 1 is 1.03 bits per heavy atom. The van der Waals surface area contributed by atoms with E-state index in [1.165, 1.54) is 0 Å². The fraction of sp³-hybridized carbons (Fsp3) is 0.217. The standard InChI is InChI=1S/C23H20N2O4/c1-13-6-8-17(22(26)24-13)23(27)25-21-16-4-2-3-5-19(16)29-20-9-7-14(10-18(20)21)15-11-28-12-15/h2-10,15,21H,11-12H2,1H3,(H,24,26)(H,25,27). The van der Waals surface area contributed by atoms with Crippen molar-refractivity contribution in [2.75, 3.05) is 13.2 Å². The number of hydrogen-bond acceptors (Lipinski definition) is 4. The van der Waals surface area contributed by atoms with Crippen molar-refractivity contribution in [3.8, 4) is 11.5 Å². The summed E-state index contributed by atoms with van der Waals surface area (Å²) in [5, 5.41) is 3.04. The largest absolute Gasteiger partial charge is 0.457 e. The number of aromatic amines is 1. The van der Waals surface area contributed by atoms with Crippen LogP contribution in [0, 0.1) is 6.92 Å². The molecule has 1 unspecified atom stereocenters. The molecule has 1 fully saturated rings. The molecule has 0 radical (unpaired) electrons. The molecule has 5 rings (SSSR count). The maximum atomic E-state index is 13.0. The minimum absolute atomic E-state index is 0.0877. The molecule has 0 bridgehead atoms. The van der Waals surface area contributed by atoms with Gasteiger partial charge in [-0.3, -0.25) is 9.59 Å². The molecule has 1 atom stereocenters. The summed E-state index contributed by atoms with van der Waals surface area (Å²) in [5.41, 5.74) is 3.29. The molecule has 29 heavy (non-hydrogen) atoms.